The standard InChI is InChI=1S/C22H26N4O2S/c1-13-4-9-16-17(12-13)29-22-20(16)21(28)24-18(25-22)10-11-19(27)23-14-5-7-15(8-6-14)26(2)3/h5-8,13H,4,9-12H2,1-3H3,(H,23,27)(H,24,25,28). The number of aromatic amines is 1. The SMILES string of the molecule is CC1CCc2c(sc3nc(CCC(=O)Nc4ccc(N(C)C)cc4)[nH]c(=O)c23)C1. The number of hydrogen-bond donors (Lipinski definition) is 2. The van der Waals surface area contributed by atoms with E-state index >= 15 is 0 Å². The fraction of sp³-hybridized carbons (Fsp3) is 0.409. The molecule has 1 aromatic carbocycles. The highest BCUT2D eigenvalue weighted by Crippen LogP contribution is 2.35. The first-order chi connectivity index (χ1) is 13.9. The topological polar surface area (TPSA) is 78.1 Å². The molecule has 0 saturated heterocycles. The van der Waals surface area contributed by atoms with E-state index in [-0.39, 0.29) is 17.9 Å². The molecule has 7 heteroatoms. The van der Waals surface area contributed by atoms with E-state index in [4.69, 9.17) is 0 Å². The first kappa shape index (κ1) is 19.6. The van der Waals surface area contributed by atoms with Crippen LogP contribution in [0.1, 0.15) is 36.0 Å². The van der Waals surface area contributed by atoms with E-state index in [1.54, 1.807) is 11.3 Å². The lowest BCUT2D eigenvalue weighted by molar-refractivity contribution is -0.116. The Kier molecular flexibility index (Phi) is 5.41. The van der Waals surface area contributed by atoms with Crippen molar-refractivity contribution in [3.05, 3.63) is 50.9 Å². The quantitative estimate of drug-likeness (QED) is 0.672. The largest absolute Gasteiger partial charge is 0.378 e. The monoisotopic (exact) mass is 410 g/mol. The molecule has 0 radical (unpaired) electrons. The molecule has 1 atom stereocenters. The first-order valence-corrected chi connectivity index (χ1v) is 10.8. The Hall–Kier alpha value is -2.67. The normalized spacial score (nSPS) is 15.9. The molecule has 2 N–H and O–H groups in total. The van der Waals surface area contributed by atoms with E-state index in [0.29, 0.717) is 18.2 Å². The van der Waals surface area contributed by atoms with Crippen LogP contribution in [0, 0.1) is 5.92 Å². The average Bonchev–Trinajstić information content (AvgIpc) is 3.04. The van der Waals surface area contributed by atoms with E-state index in [2.05, 4.69) is 22.2 Å². The Balaban J connectivity index is 1.44. The maximum absolute atomic E-state index is 12.6. The van der Waals surface area contributed by atoms with Crippen molar-refractivity contribution in [2.45, 2.75) is 39.0 Å². The van der Waals surface area contributed by atoms with Gasteiger partial charge in [0.2, 0.25) is 5.91 Å². The highest BCUT2D eigenvalue weighted by Gasteiger charge is 2.23. The number of hydrogen-bond acceptors (Lipinski definition) is 5. The number of anilines is 2. The van der Waals surface area contributed by atoms with E-state index < -0.39 is 0 Å². The number of nitrogens with one attached hydrogen (secondary N) is 2. The summed E-state index contributed by atoms with van der Waals surface area (Å²) >= 11 is 1.64. The predicted molar refractivity (Wildman–Crippen MR) is 119 cm³/mol. The molecule has 0 bridgehead atoms. The van der Waals surface area contributed by atoms with Crippen LogP contribution < -0.4 is 15.8 Å². The lowest BCUT2D eigenvalue weighted by atomic mass is 9.89. The van der Waals surface area contributed by atoms with Crippen LogP contribution in [0.5, 0.6) is 0 Å². The molecule has 152 valence electrons. The van der Waals surface area contributed by atoms with Gasteiger partial charge in [0.25, 0.3) is 5.56 Å². The van der Waals surface area contributed by atoms with Gasteiger partial charge in [-0.2, -0.15) is 0 Å². The van der Waals surface area contributed by atoms with Gasteiger partial charge in [0.1, 0.15) is 10.7 Å². The van der Waals surface area contributed by atoms with Crippen LogP contribution >= 0.6 is 11.3 Å². The summed E-state index contributed by atoms with van der Waals surface area (Å²) in [4.78, 5) is 36.6. The second-order valence-electron chi connectivity index (χ2n) is 8.03. The summed E-state index contributed by atoms with van der Waals surface area (Å²) in [6, 6.07) is 7.69. The highest BCUT2D eigenvalue weighted by atomic mass is 32.1. The Labute approximate surface area is 174 Å². The van der Waals surface area contributed by atoms with Gasteiger partial charge in [-0.3, -0.25) is 9.59 Å². The molecule has 1 amide bonds. The van der Waals surface area contributed by atoms with E-state index in [9.17, 15) is 9.59 Å². The summed E-state index contributed by atoms with van der Waals surface area (Å²) in [5.41, 5.74) is 2.95. The maximum Gasteiger partial charge on any atom is 0.259 e. The number of aromatic nitrogens is 2. The molecule has 29 heavy (non-hydrogen) atoms. The fourth-order valence-electron chi connectivity index (χ4n) is 3.81. The third-order valence-electron chi connectivity index (χ3n) is 5.47. The van der Waals surface area contributed by atoms with E-state index in [1.165, 1.54) is 10.4 Å². The van der Waals surface area contributed by atoms with Crippen molar-refractivity contribution >= 4 is 38.8 Å². The molecule has 0 saturated carbocycles. The second-order valence-corrected chi connectivity index (χ2v) is 9.12. The molecule has 2 heterocycles. The second kappa shape index (κ2) is 7.99. The first-order valence-electron chi connectivity index (χ1n) is 10.0. The molecule has 0 fully saturated rings. The average molecular weight is 411 g/mol. The molecule has 3 aromatic rings. The van der Waals surface area contributed by atoms with Crippen molar-refractivity contribution in [1.82, 2.24) is 9.97 Å². The third kappa shape index (κ3) is 4.19. The van der Waals surface area contributed by atoms with Crippen molar-refractivity contribution in [2.75, 3.05) is 24.3 Å². The lowest BCUT2D eigenvalue weighted by Crippen LogP contribution is -2.17. The van der Waals surface area contributed by atoms with Crippen molar-refractivity contribution in [3.63, 3.8) is 0 Å². The van der Waals surface area contributed by atoms with Crippen molar-refractivity contribution < 1.29 is 4.79 Å². The summed E-state index contributed by atoms with van der Waals surface area (Å²) in [7, 11) is 3.95. The van der Waals surface area contributed by atoms with Crippen LogP contribution in [0.15, 0.2) is 29.1 Å². The van der Waals surface area contributed by atoms with Gasteiger partial charge in [-0.15, -0.1) is 11.3 Å². The van der Waals surface area contributed by atoms with E-state index in [0.717, 1.165) is 40.9 Å². The summed E-state index contributed by atoms with van der Waals surface area (Å²) < 4.78 is 0. The lowest BCUT2D eigenvalue weighted by Gasteiger charge is -2.17. The number of nitrogens with zero attached hydrogens (tertiary/aromatic N) is 2. The number of thiophene rings is 1. The van der Waals surface area contributed by atoms with Gasteiger partial charge in [-0.05, 0) is 55.0 Å². The van der Waals surface area contributed by atoms with Crippen molar-refractivity contribution in [1.29, 1.82) is 0 Å². The van der Waals surface area contributed by atoms with Crippen LogP contribution in [0.3, 0.4) is 0 Å². The van der Waals surface area contributed by atoms with Crippen LogP contribution in [0.4, 0.5) is 11.4 Å². The number of fused-ring (bicyclic) bond motifs is 3. The Morgan fingerprint density at radius 3 is 2.79 bits per heavy atom. The Bertz CT molecular complexity index is 1100. The Morgan fingerprint density at radius 2 is 2.07 bits per heavy atom. The summed E-state index contributed by atoms with van der Waals surface area (Å²) in [5, 5.41) is 3.66. The molecule has 1 aliphatic carbocycles. The van der Waals surface area contributed by atoms with Crippen LogP contribution in [-0.4, -0.2) is 30.0 Å². The minimum atomic E-state index is -0.0929. The van der Waals surface area contributed by atoms with Crippen LogP contribution in [-0.2, 0) is 24.1 Å². The zero-order valence-electron chi connectivity index (χ0n) is 17.0. The smallest absolute Gasteiger partial charge is 0.259 e. The molecule has 4 rings (SSSR count). The Morgan fingerprint density at radius 1 is 1.31 bits per heavy atom. The minimum Gasteiger partial charge on any atom is -0.378 e. The number of benzene rings is 1. The number of carbonyl (C=O) groups excluding carboxylic acids is 1. The summed E-state index contributed by atoms with van der Waals surface area (Å²) in [6.07, 6.45) is 3.78. The molecule has 0 spiro atoms. The molecule has 0 aliphatic heterocycles. The number of H-pyrrole nitrogens is 1. The van der Waals surface area contributed by atoms with Crippen molar-refractivity contribution in [3.8, 4) is 0 Å². The number of carbonyl (C=O) groups is 1. The van der Waals surface area contributed by atoms with Gasteiger partial charge < -0.3 is 15.2 Å². The molecule has 1 unspecified atom stereocenters. The van der Waals surface area contributed by atoms with Gasteiger partial charge in [-0.25, -0.2) is 4.98 Å². The minimum absolute atomic E-state index is 0.0725. The van der Waals surface area contributed by atoms with Gasteiger partial charge in [0.15, 0.2) is 0 Å². The molecule has 6 nitrogen and oxygen atoms in total. The highest BCUT2D eigenvalue weighted by molar-refractivity contribution is 7.18. The predicted octanol–water partition coefficient (Wildman–Crippen LogP) is 3.75. The van der Waals surface area contributed by atoms with Gasteiger partial charge in [0.05, 0.1) is 5.39 Å². The van der Waals surface area contributed by atoms with Crippen LogP contribution in [0.2, 0.25) is 0 Å². The number of aryl methyl sites for hydroxylation is 2. The fourth-order valence-corrected chi connectivity index (χ4v) is 5.21. The van der Waals surface area contributed by atoms with Gasteiger partial charge in [0, 0.05) is 43.2 Å². The maximum atomic E-state index is 12.6. The molecular weight excluding hydrogens is 384 g/mol. The number of rotatable bonds is 5. The van der Waals surface area contributed by atoms with Gasteiger partial charge >= 0.3 is 0 Å². The molecule has 1 aliphatic rings. The van der Waals surface area contributed by atoms with Crippen molar-refractivity contribution in [2.24, 2.45) is 5.92 Å². The zero-order valence-corrected chi connectivity index (χ0v) is 17.9. The number of amides is 1. The summed E-state index contributed by atoms with van der Waals surface area (Å²) in [5.74, 6) is 1.14. The van der Waals surface area contributed by atoms with Gasteiger partial charge in [-0.1, -0.05) is 6.92 Å². The summed E-state index contributed by atoms with van der Waals surface area (Å²) in [6.45, 7) is 2.25. The molecular formula is C22H26N4O2S. The molecule has 2 aromatic heterocycles. The zero-order chi connectivity index (χ0) is 20.5. The van der Waals surface area contributed by atoms with E-state index in [1.807, 2.05) is 43.3 Å². The van der Waals surface area contributed by atoms with Crippen LogP contribution in [0.25, 0.3) is 10.2 Å². The third-order valence-corrected chi connectivity index (χ3v) is 6.62.